The molecule has 0 saturated carbocycles. The molecule has 1 atom stereocenters. The molecule has 242 valence electrons. The third-order valence-electron chi connectivity index (χ3n) is 9.50. The number of hydrogen-bond acceptors (Lipinski definition) is 4. The molecule has 0 aliphatic carbocycles. The van der Waals surface area contributed by atoms with E-state index in [0.717, 1.165) is 49.7 Å². The van der Waals surface area contributed by atoms with E-state index in [4.69, 9.17) is 5.73 Å². The van der Waals surface area contributed by atoms with Crippen molar-refractivity contribution in [3.05, 3.63) is 124 Å². The number of nitrogens with two attached hydrogens (primary N) is 1. The monoisotopic (exact) mass is 647 g/mol. The highest BCUT2D eigenvalue weighted by Gasteiger charge is 2.37. The minimum atomic E-state index is -1.06. The number of hydrogen-bond donors (Lipinski definition) is 2. The molecule has 2 aliphatic heterocycles. The summed E-state index contributed by atoms with van der Waals surface area (Å²) in [6.45, 7) is 1.94. The Kier molecular flexibility index (Phi) is 8.23. The number of carbonyl (C=O) groups excluding carboxylic acids is 2. The Labute approximate surface area is 275 Å². The SMILES string of the molecule is CN1CCC(c2ccc(-c3cc(F)c4c(c3)C(=O)N(C(CC#Cc3c(C(N)=O)cnc5[nH]ccc35)c3cc(F)ccc3F)C4)cc2)CC1. The molecule has 7 rings (SSSR count). The van der Waals surface area contributed by atoms with Crippen LogP contribution in [0.2, 0.25) is 0 Å². The number of halogens is 3. The molecule has 0 spiro atoms. The van der Waals surface area contributed by atoms with Crippen molar-refractivity contribution in [2.75, 3.05) is 20.1 Å². The largest absolute Gasteiger partial charge is 0.366 e. The minimum Gasteiger partial charge on any atom is -0.366 e. The fraction of sp³-hybridized carbons (Fsp3) is 0.237. The predicted octanol–water partition coefficient (Wildman–Crippen LogP) is 6.69. The Morgan fingerprint density at radius 3 is 2.54 bits per heavy atom. The van der Waals surface area contributed by atoms with Crippen LogP contribution in [0.4, 0.5) is 13.2 Å². The maximum atomic E-state index is 15.7. The van der Waals surface area contributed by atoms with Gasteiger partial charge in [0.15, 0.2) is 0 Å². The summed E-state index contributed by atoms with van der Waals surface area (Å²) < 4.78 is 45.4. The second kappa shape index (κ2) is 12.7. The highest BCUT2D eigenvalue weighted by Crippen LogP contribution is 2.38. The molecule has 3 aromatic carbocycles. The number of primary amides is 1. The van der Waals surface area contributed by atoms with Crippen molar-refractivity contribution >= 4 is 22.8 Å². The Bertz CT molecular complexity index is 2120. The van der Waals surface area contributed by atoms with E-state index in [1.54, 1.807) is 18.3 Å². The van der Waals surface area contributed by atoms with Gasteiger partial charge in [0.1, 0.15) is 23.1 Å². The fourth-order valence-electron chi connectivity index (χ4n) is 6.82. The average Bonchev–Trinajstić information content (AvgIpc) is 3.70. The van der Waals surface area contributed by atoms with Crippen molar-refractivity contribution in [2.24, 2.45) is 5.73 Å². The smallest absolute Gasteiger partial charge is 0.255 e. The van der Waals surface area contributed by atoms with E-state index in [0.29, 0.717) is 28.1 Å². The molecule has 5 aromatic rings. The lowest BCUT2D eigenvalue weighted by Crippen LogP contribution is -2.30. The summed E-state index contributed by atoms with van der Waals surface area (Å²) in [6, 6.07) is 14.8. The topological polar surface area (TPSA) is 95.3 Å². The van der Waals surface area contributed by atoms with Gasteiger partial charge in [-0.1, -0.05) is 36.1 Å². The molecule has 4 heterocycles. The number of nitrogens with zero attached hydrogens (tertiary/aromatic N) is 3. The molecule has 1 saturated heterocycles. The lowest BCUT2D eigenvalue weighted by molar-refractivity contribution is 0.0700. The molecule has 2 amide bonds. The summed E-state index contributed by atoms with van der Waals surface area (Å²) in [5, 5.41) is 0.561. The third kappa shape index (κ3) is 5.82. The van der Waals surface area contributed by atoms with Crippen LogP contribution in [0, 0.1) is 29.3 Å². The molecule has 2 aliphatic rings. The van der Waals surface area contributed by atoms with E-state index in [1.165, 1.54) is 22.7 Å². The van der Waals surface area contributed by atoms with Crippen molar-refractivity contribution in [3.8, 4) is 23.0 Å². The van der Waals surface area contributed by atoms with E-state index in [2.05, 4.69) is 45.9 Å². The number of piperidine rings is 1. The predicted molar refractivity (Wildman–Crippen MR) is 176 cm³/mol. The van der Waals surface area contributed by atoms with Gasteiger partial charge < -0.3 is 20.5 Å². The Morgan fingerprint density at radius 1 is 1.02 bits per heavy atom. The van der Waals surface area contributed by atoms with Gasteiger partial charge in [0.2, 0.25) is 0 Å². The van der Waals surface area contributed by atoms with Crippen LogP contribution < -0.4 is 5.73 Å². The third-order valence-corrected chi connectivity index (χ3v) is 9.50. The number of benzene rings is 3. The molecular formula is C38H32F3N5O2. The van der Waals surface area contributed by atoms with Crippen LogP contribution in [-0.2, 0) is 6.54 Å². The zero-order valence-electron chi connectivity index (χ0n) is 26.2. The van der Waals surface area contributed by atoms with Crippen LogP contribution in [0.25, 0.3) is 22.2 Å². The molecule has 0 radical (unpaired) electrons. The van der Waals surface area contributed by atoms with Gasteiger partial charge in [-0.25, -0.2) is 18.2 Å². The summed E-state index contributed by atoms with van der Waals surface area (Å²) in [5.74, 6) is 3.16. The van der Waals surface area contributed by atoms with E-state index in [1.807, 2.05) is 12.1 Å². The number of rotatable bonds is 6. The molecule has 0 bridgehead atoms. The van der Waals surface area contributed by atoms with Crippen LogP contribution in [0.3, 0.4) is 0 Å². The maximum Gasteiger partial charge on any atom is 0.255 e. The highest BCUT2D eigenvalue weighted by atomic mass is 19.1. The lowest BCUT2D eigenvalue weighted by Gasteiger charge is -2.29. The van der Waals surface area contributed by atoms with Crippen LogP contribution in [-0.4, -0.2) is 51.7 Å². The fourth-order valence-corrected chi connectivity index (χ4v) is 6.82. The molecule has 10 heteroatoms. The van der Waals surface area contributed by atoms with Crippen molar-refractivity contribution < 1.29 is 22.8 Å². The summed E-state index contributed by atoms with van der Waals surface area (Å²) >= 11 is 0. The number of H-pyrrole nitrogens is 1. The Balaban J connectivity index is 1.21. The van der Waals surface area contributed by atoms with Crippen LogP contribution >= 0.6 is 0 Å². The first-order valence-electron chi connectivity index (χ1n) is 15.8. The normalized spacial score (nSPS) is 15.8. The number of aromatic nitrogens is 2. The zero-order chi connectivity index (χ0) is 33.5. The first kappa shape index (κ1) is 31.2. The van der Waals surface area contributed by atoms with Crippen molar-refractivity contribution in [1.29, 1.82) is 0 Å². The number of fused-ring (bicyclic) bond motifs is 2. The van der Waals surface area contributed by atoms with Gasteiger partial charge in [0.05, 0.1) is 18.2 Å². The van der Waals surface area contributed by atoms with E-state index in [9.17, 15) is 14.0 Å². The summed E-state index contributed by atoms with van der Waals surface area (Å²) in [7, 11) is 2.12. The van der Waals surface area contributed by atoms with Gasteiger partial charge in [-0.3, -0.25) is 9.59 Å². The maximum absolute atomic E-state index is 15.7. The molecular weight excluding hydrogens is 615 g/mol. The van der Waals surface area contributed by atoms with Gasteiger partial charge in [0.25, 0.3) is 11.8 Å². The minimum absolute atomic E-state index is 0.0905. The van der Waals surface area contributed by atoms with Gasteiger partial charge in [-0.2, -0.15) is 0 Å². The summed E-state index contributed by atoms with van der Waals surface area (Å²) in [5.41, 5.74) is 9.31. The number of carbonyl (C=O) groups is 2. The van der Waals surface area contributed by atoms with Crippen molar-refractivity contribution in [1.82, 2.24) is 19.8 Å². The van der Waals surface area contributed by atoms with Crippen molar-refractivity contribution in [3.63, 3.8) is 0 Å². The van der Waals surface area contributed by atoms with Gasteiger partial charge in [-0.05, 0) is 92.0 Å². The van der Waals surface area contributed by atoms with Crippen LogP contribution in [0.15, 0.2) is 73.1 Å². The second-order valence-corrected chi connectivity index (χ2v) is 12.5. The van der Waals surface area contributed by atoms with Gasteiger partial charge in [0, 0.05) is 46.5 Å². The second-order valence-electron chi connectivity index (χ2n) is 12.5. The molecule has 48 heavy (non-hydrogen) atoms. The molecule has 2 aromatic heterocycles. The number of pyridine rings is 1. The number of amides is 2. The average molecular weight is 648 g/mol. The molecule has 7 nitrogen and oxygen atoms in total. The highest BCUT2D eigenvalue weighted by molar-refractivity contribution is 6.01. The van der Waals surface area contributed by atoms with Crippen molar-refractivity contribution in [2.45, 2.75) is 37.8 Å². The molecule has 1 unspecified atom stereocenters. The number of likely N-dealkylation sites (tertiary alicyclic amines) is 1. The van der Waals surface area contributed by atoms with E-state index in [-0.39, 0.29) is 35.2 Å². The standard InChI is InChI=1S/C38H32F3N5O2/c1-45-15-12-24(13-16-45)22-5-7-23(8-6-22)25-17-29-32(34(41)18-25)21-46(38(29)48)35(30-19-26(39)9-10-33(30)40)4-2-3-27-28-11-14-43-37(28)44-20-31(27)36(42)47/h5-11,14,17-20,24,35H,4,12-13,15-16,21H2,1H3,(H2,42,47)(H,43,44). The van der Waals surface area contributed by atoms with Gasteiger partial charge >= 0.3 is 0 Å². The quantitative estimate of drug-likeness (QED) is 0.201. The number of aromatic amines is 1. The summed E-state index contributed by atoms with van der Waals surface area (Å²) in [6.07, 6.45) is 4.98. The first-order valence-corrected chi connectivity index (χ1v) is 15.8. The first-order chi connectivity index (χ1) is 23.2. The number of nitrogens with one attached hydrogen (secondary N) is 1. The lowest BCUT2D eigenvalue weighted by atomic mass is 9.88. The van der Waals surface area contributed by atoms with E-state index >= 15 is 8.78 Å². The van der Waals surface area contributed by atoms with Gasteiger partial charge in [-0.15, -0.1) is 0 Å². The van der Waals surface area contributed by atoms with E-state index < -0.39 is 35.3 Å². The summed E-state index contributed by atoms with van der Waals surface area (Å²) in [4.78, 5) is 36.9. The zero-order valence-corrected chi connectivity index (χ0v) is 26.2. The molecule has 3 N–H and O–H groups in total. The molecule has 1 fully saturated rings. The Morgan fingerprint density at radius 2 is 1.79 bits per heavy atom. The van der Waals surface area contributed by atoms with Crippen LogP contribution in [0.5, 0.6) is 0 Å². The Hall–Kier alpha value is -5.40. The van der Waals surface area contributed by atoms with Crippen LogP contribution in [0.1, 0.15) is 74.2 Å².